The molecule has 1 saturated heterocycles. The van der Waals surface area contributed by atoms with Crippen molar-refractivity contribution in [3.63, 3.8) is 0 Å². The lowest BCUT2D eigenvalue weighted by molar-refractivity contribution is -0.0808. The number of fused-ring (bicyclic) bond motifs is 2. The first-order chi connectivity index (χ1) is 6.59. The molecule has 1 nitrogen and oxygen atoms in total. The molecule has 0 radical (unpaired) electrons. The van der Waals surface area contributed by atoms with Crippen molar-refractivity contribution in [2.24, 2.45) is 23.7 Å². The third kappa shape index (κ3) is 1.63. The number of hydrogen-bond acceptors (Lipinski definition) is 1. The molecule has 1 heteroatoms. The van der Waals surface area contributed by atoms with Gasteiger partial charge < -0.3 is 4.74 Å². The van der Waals surface area contributed by atoms with Crippen molar-refractivity contribution in [2.75, 3.05) is 6.61 Å². The van der Waals surface area contributed by atoms with Gasteiger partial charge in [0.15, 0.2) is 0 Å². The summed E-state index contributed by atoms with van der Waals surface area (Å²) in [5.74, 6) is 2.85. The van der Waals surface area contributed by atoms with Crippen molar-refractivity contribution >= 4 is 0 Å². The maximum absolute atomic E-state index is 6.01. The number of rotatable bonds is 1. The molecule has 14 heavy (non-hydrogen) atoms. The van der Waals surface area contributed by atoms with Crippen LogP contribution in [0.15, 0.2) is 11.6 Å². The minimum Gasteiger partial charge on any atom is -0.377 e. The van der Waals surface area contributed by atoms with E-state index >= 15 is 0 Å². The van der Waals surface area contributed by atoms with Crippen LogP contribution in [0.1, 0.15) is 34.1 Å². The molecular weight excluding hydrogens is 172 g/mol. The van der Waals surface area contributed by atoms with E-state index in [1.165, 1.54) is 6.42 Å². The predicted octanol–water partition coefficient (Wildman–Crippen LogP) is 3.26. The van der Waals surface area contributed by atoms with E-state index in [0.29, 0.717) is 17.9 Å². The molecule has 2 bridgehead atoms. The van der Waals surface area contributed by atoms with Crippen LogP contribution in [0.4, 0.5) is 0 Å². The van der Waals surface area contributed by atoms with E-state index < -0.39 is 0 Å². The standard InChI is InChI=1S/C13H22O/c1-8(2)13-12-6-11(7-14-13)9(3)5-10(12)4/h5,8-9,11-13H,6-7H2,1-4H3/t9-,11-,12-,13-/m0/s1. The quantitative estimate of drug-likeness (QED) is 0.582. The van der Waals surface area contributed by atoms with Crippen LogP contribution in [0.3, 0.4) is 0 Å². The molecule has 0 aromatic heterocycles. The zero-order chi connectivity index (χ0) is 10.3. The van der Waals surface area contributed by atoms with E-state index in [-0.39, 0.29) is 0 Å². The van der Waals surface area contributed by atoms with Gasteiger partial charge in [0.1, 0.15) is 0 Å². The monoisotopic (exact) mass is 194 g/mol. The maximum Gasteiger partial charge on any atom is 0.0663 e. The molecule has 0 aromatic carbocycles. The van der Waals surface area contributed by atoms with E-state index in [4.69, 9.17) is 4.74 Å². The van der Waals surface area contributed by atoms with Crippen molar-refractivity contribution in [3.8, 4) is 0 Å². The van der Waals surface area contributed by atoms with Crippen LogP contribution < -0.4 is 0 Å². The fourth-order valence-electron chi connectivity index (χ4n) is 3.02. The summed E-state index contributed by atoms with van der Waals surface area (Å²) in [6, 6.07) is 0. The second kappa shape index (κ2) is 3.69. The van der Waals surface area contributed by atoms with E-state index in [2.05, 4.69) is 33.8 Å². The largest absolute Gasteiger partial charge is 0.377 e. The summed E-state index contributed by atoms with van der Waals surface area (Å²) >= 11 is 0. The lowest BCUT2D eigenvalue weighted by atomic mass is 9.70. The highest BCUT2D eigenvalue weighted by Gasteiger charge is 2.38. The van der Waals surface area contributed by atoms with Gasteiger partial charge >= 0.3 is 0 Å². The van der Waals surface area contributed by atoms with Crippen LogP contribution in [-0.2, 0) is 4.74 Å². The summed E-state index contributed by atoms with van der Waals surface area (Å²) in [6.07, 6.45) is 4.29. The van der Waals surface area contributed by atoms with Gasteiger partial charge in [-0.2, -0.15) is 0 Å². The van der Waals surface area contributed by atoms with Gasteiger partial charge in [-0.25, -0.2) is 0 Å². The molecule has 2 rings (SSSR count). The summed E-state index contributed by atoms with van der Waals surface area (Å²) < 4.78 is 6.01. The van der Waals surface area contributed by atoms with Gasteiger partial charge in [0.2, 0.25) is 0 Å². The molecule has 2 aliphatic rings. The highest BCUT2D eigenvalue weighted by atomic mass is 16.5. The highest BCUT2D eigenvalue weighted by molar-refractivity contribution is 5.14. The molecule has 4 atom stereocenters. The first-order valence-electron chi connectivity index (χ1n) is 5.89. The van der Waals surface area contributed by atoms with Crippen molar-refractivity contribution in [3.05, 3.63) is 11.6 Å². The molecule has 0 unspecified atom stereocenters. The smallest absolute Gasteiger partial charge is 0.0663 e. The van der Waals surface area contributed by atoms with Crippen LogP contribution in [0.25, 0.3) is 0 Å². The topological polar surface area (TPSA) is 9.23 Å². The molecule has 1 aliphatic heterocycles. The van der Waals surface area contributed by atoms with Gasteiger partial charge in [0, 0.05) is 5.92 Å². The van der Waals surface area contributed by atoms with Gasteiger partial charge in [-0.1, -0.05) is 32.4 Å². The number of hydrogen-bond donors (Lipinski definition) is 0. The Morgan fingerprint density at radius 3 is 2.79 bits per heavy atom. The van der Waals surface area contributed by atoms with Crippen LogP contribution in [0, 0.1) is 23.7 Å². The van der Waals surface area contributed by atoms with Crippen LogP contribution in [0.2, 0.25) is 0 Å². The Morgan fingerprint density at radius 2 is 2.14 bits per heavy atom. The molecule has 80 valence electrons. The number of ether oxygens (including phenoxy) is 1. The predicted molar refractivity (Wildman–Crippen MR) is 59.1 cm³/mol. The third-order valence-electron chi connectivity index (χ3n) is 3.97. The summed E-state index contributed by atoms with van der Waals surface area (Å²) in [6.45, 7) is 10.1. The Labute approximate surface area is 87.5 Å². The van der Waals surface area contributed by atoms with Crippen LogP contribution >= 0.6 is 0 Å². The van der Waals surface area contributed by atoms with E-state index in [9.17, 15) is 0 Å². The average Bonchev–Trinajstić information content (AvgIpc) is 2.14. The Morgan fingerprint density at radius 1 is 1.43 bits per heavy atom. The van der Waals surface area contributed by atoms with Crippen LogP contribution in [0.5, 0.6) is 0 Å². The molecule has 0 saturated carbocycles. The zero-order valence-corrected chi connectivity index (χ0v) is 9.79. The summed E-state index contributed by atoms with van der Waals surface area (Å²) in [5, 5.41) is 0. The molecule has 0 spiro atoms. The second-order valence-corrected chi connectivity index (χ2v) is 5.41. The summed E-state index contributed by atoms with van der Waals surface area (Å²) in [7, 11) is 0. The molecule has 1 fully saturated rings. The summed E-state index contributed by atoms with van der Waals surface area (Å²) in [4.78, 5) is 0. The number of allylic oxidation sites excluding steroid dienone is 1. The Balaban J connectivity index is 2.20. The van der Waals surface area contributed by atoms with E-state index in [1.807, 2.05) is 0 Å². The first-order valence-corrected chi connectivity index (χ1v) is 5.89. The normalized spacial score (nSPS) is 42.5. The van der Waals surface area contributed by atoms with Gasteiger partial charge in [-0.3, -0.25) is 0 Å². The van der Waals surface area contributed by atoms with E-state index in [0.717, 1.165) is 18.4 Å². The van der Waals surface area contributed by atoms with Crippen molar-refractivity contribution in [2.45, 2.75) is 40.2 Å². The zero-order valence-electron chi connectivity index (χ0n) is 9.79. The van der Waals surface area contributed by atoms with Gasteiger partial charge in [-0.05, 0) is 31.1 Å². The Bertz CT molecular complexity index is 242. The van der Waals surface area contributed by atoms with Gasteiger partial charge in [-0.15, -0.1) is 0 Å². The second-order valence-electron chi connectivity index (χ2n) is 5.41. The van der Waals surface area contributed by atoms with Crippen LogP contribution in [-0.4, -0.2) is 12.7 Å². The Kier molecular flexibility index (Phi) is 2.70. The lowest BCUT2D eigenvalue weighted by Gasteiger charge is -2.44. The molecule has 1 heterocycles. The fourth-order valence-corrected chi connectivity index (χ4v) is 3.02. The SMILES string of the molecule is CC1=C[C@H](C)[C@@H]2CO[C@@H](C(C)C)[C@H]1C2. The first kappa shape index (κ1) is 10.2. The Hall–Kier alpha value is -0.300. The van der Waals surface area contributed by atoms with Crippen molar-refractivity contribution in [1.82, 2.24) is 0 Å². The molecular formula is C13H22O. The minimum atomic E-state index is 0.468. The molecule has 0 N–H and O–H groups in total. The maximum atomic E-state index is 6.01. The lowest BCUT2D eigenvalue weighted by Crippen LogP contribution is -2.42. The third-order valence-corrected chi connectivity index (χ3v) is 3.97. The van der Waals surface area contributed by atoms with Crippen molar-refractivity contribution < 1.29 is 4.74 Å². The minimum absolute atomic E-state index is 0.468. The van der Waals surface area contributed by atoms with Crippen molar-refractivity contribution in [1.29, 1.82) is 0 Å². The fraction of sp³-hybridized carbons (Fsp3) is 0.846. The van der Waals surface area contributed by atoms with Gasteiger partial charge in [0.05, 0.1) is 12.7 Å². The molecule has 1 aliphatic carbocycles. The van der Waals surface area contributed by atoms with Gasteiger partial charge in [0.25, 0.3) is 0 Å². The molecule has 0 aromatic rings. The highest BCUT2D eigenvalue weighted by Crippen LogP contribution is 2.41. The molecule has 0 amide bonds. The average molecular weight is 194 g/mol. The van der Waals surface area contributed by atoms with E-state index in [1.54, 1.807) is 5.57 Å². The summed E-state index contributed by atoms with van der Waals surface area (Å²) in [5.41, 5.74) is 1.56.